The molecule has 1 aliphatic rings. The fraction of sp³-hybridized carbons (Fsp3) is 0.917. The smallest absolute Gasteiger partial charge is 0.222 e. The third-order valence-electron chi connectivity index (χ3n) is 3.02. The van der Waals surface area contributed by atoms with Crippen LogP contribution in [0.3, 0.4) is 0 Å². The van der Waals surface area contributed by atoms with E-state index in [-0.39, 0.29) is 6.04 Å². The Kier molecular flexibility index (Phi) is 5.69. The Morgan fingerprint density at radius 1 is 1.20 bits per heavy atom. The zero-order valence-corrected chi connectivity index (χ0v) is 9.87. The van der Waals surface area contributed by atoms with Gasteiger partial charge in [-0.25, -0.2) is 0 Å². The number of amides is 1. The van der Waals surface area contributed by atoms with Crippen molar-refractivity contribution in [2.24, 2.45) is 5.73 Å². The molecule has 3 heteroatoms. The summed E-state index contributed by atoms with van der Waals surface area (Å²) in [7, 11) is 0. The molecule has 0 saturated carbocycles. The molecule has 0 aromatic heterocycles. The van der Waals surface area contributed by atoms with Crippen LogP contribution in [0, 0.1) is 0 Å². The maximum Gasteiger partial charge on any atom is 0.222 e. The molecule has 0 aromatic carbocycles. The van der Waals surface area contributed by atoms with Gasteiger partial charge in [0.15, 0.2) is 0 Å². The van der Waals surface area contributed by atoms with Gasteiger partial charge in [0.05, 0.1) is 0 Å². The molecule has 0 spiro atoms. The van der Waals surface area contributed by atoms with Crippen LogP contribution in [0.5, 0.6) is 0 Å². The molecule has 0 bridgehead atoms. The maximum absolute atomic E-state index is 11.8. The first-order valence-corrected chi connectivity index (χ1v) is 6.23. The minimum absolute atomic E-state index is 0.142. The molecule has 3 nitrogen and oxygen atoms in total. The van der Waals surface area contributed by atoms with E-state index in [9.17, 15) is 4.79 Å². The third kappa shape index (κ3) is 5.17. The topological polar surface area (TPSA) is 46.3 Å². The summed E-state index contributed by atoms with van der Waals surface area (Å²) in [6.45, 7) is 3.87. The van der Waals surface area contributed by atoms with Gasteiger partial charge in [-0.2, -0.15) is 0 Å². The largest absolute Gasteiger partial charge is 0.343 e. The molecule has 88 valence electrons. The average molecular weight is 212 g/mol. The first kappa shape index (κ1) is 12.5. The lowest BCUT2D eigenvalue weighted by atomic mass is 10.1. The highest BCUT2D eigenvalue weighted by Crippen LogP contribution is 2.12. The van der Waals surface area contributed by atoms with Crippen molar-refractivity contribution in [1.82, 2.24) is 4.90 Å². The van der Waals surface area contributed by atoms with Crippen molar-refractivity contribution in [3.8, 4) is 0 Å². The summed E-state index contributed by atoms with van der Waals surface area (Å²) in [5, 5.41) is 0. The van der Waals surface area contributed by atoms with Crippen molar-refractivity contribution in [3.63, 3.8) is 0 Å². The quantitative estimate of drug-likeness (QED) is 0.776. The summed E-state index contributed by atoms with van der Waals surface area (Å²) in [5.74, 6) is 0.300. The first-order valence-electron chi connectivity index (χ1n) is 6.23. The number of carbonyl (C=O) groups is 1. The highest BCUT2D eigenvalue weighted by molar-refractivity contribution is 5.76. The number of nitrogens with two attached hydrogens (primary N) is 1. The summed E-state index contributed by atoms with van der Waals surface area (Å²) in [6.07, 6.45) is 7.66. The van der Waals surface area contributed by atoms with Gasteiger partial charge in [0.2, 0.25) is 5.91 Å². The van der Waals surface area contributed by atoms with Crippen molar-refractivity contribution in [2.75, 3.05) is 13.1 Å². The van der Waals surface area contributed by atoms with E-state index in [1.165, 1.54) is 32.1 Å². The van der Waals surface area contributed by atoms with Crippen molar-refractivity contribution in [1.29, 1.82) is 0 Å². The van der Waals surface area contributed by atoms with Crippen LogP contribution in [-0.4, -0.2) is 29.9 Å². The predicted octanol–water partition coefficient (Wildman–Crippen LogP) is 1.91. The zero-order valence-electron chi connectivity index (χ0n) is 9.87. The Morgan fingerprint density at radius 2 is 1.73 bits per heavy atom. The van der Waals surface area contributed by atoms with Gasteiger partial charge in [-0.05, 0) is 26.2 Å². The molecule has 1 saturated heterocycles. The SMILES string of the molecule is CC(N)CCC(=O)N1CCCCCCC1. The highest BCUT2D eigenvalue weighted by atomic mass is 16.2. The molecule has 1 rings (SSSR count). The molecular weight excluding hydrogens is 188 g/mol. The van der Waals surface area contributed by atoms with Crippen LogP contribution in [0.4, 0.5) is 0 Å². The van der Waals surface area contributed by atoms with Crippen LogP contribution >= 0.6 is 0 Å². The highest BCUT2D eigenvalue weighted by Gasteiger charge is 2.14. The summed E-state index contributed by atoms with van der Waals surface area (Å²) in [4.78, 5) is 13.9. The fourth-order valence-electron chi connectivity index (χ4n) is 2.01. The van der Waals surface area contributed by atoms with Crippen molar-refractivity contribution in [2.45, 2.75) is 57.9 Å². The lowest BCUT2D eigenvalue weighted by Crippen LogP contribution is -2.34. The molecule has 1 unspecified atom stereocenters. The van der Waals surface area contributed by atoms with E-state index >= 15 is 0 Å². The molecule has 15 heavy (non-hydrogen) atoms. The molecule has 0 radical (unpaired) electrons. The number of hydrogen-bond acceptors (Lipinski definition) is 2. The Morgan fingerprint density at radius 3 is 2.27 bits per heavy atom. The predicted molar refractivity (Wildman–Crippen MR) is 62.5 cm³/mol. The number of likely N-dealkylation sites (tertiary alicyclic amines) is 1. The Bertz CT molecular complexity index is 184. The van der Waals surface area contributed by atoms with E-state index in [2.05, 4.69) is 0 Å². The molecule has 1 amide bonds. The van der Waals surface area contributed by atoms with E-state index in [1.54, 1.807) is 0 Å². The van der Waals surface area contributed by atoms with Crippen LogP contribution in [0.15, 0.2) is 0 Å². The summed E-state index contributed by atoms with van der Waals surface area (Å²) in [5.41, 5.74) is 5.66. The van der Waals surface area contributed by atoms with Gasteiger partial charge in [0, 0.05) is 25.6 Å². The maximum atomic E-state index is 11.8. The normalized spacial score (nSPS) is 20.5. The fourth-order valence-corrected chi connectivity index (χ4v) is 2.01. The molecule has 0 aromatic rings. The van der Waals surface area contributed by atoms with Crippen LogP contribution in [0.2, 0.25) is 0 Å². The van der Waals surface area contributed by atoms with E-state index in [0.29, 0.717) is 12.3 Å². The number of carbonyl (C=O) groups excluding carboxylic acids is 1. The monoisotopic (exact) mass is 212 g/mol. The summed E-state index contributed by atoms with van der Waals surface area (Å²) >= 11 is 0. The van der Waals surface area contributed by atoms with E-state index in [4.69, 9.17) is 5.73 Å². The number of nitrogens with zero attached hydrogens (tertiary/aromatic N) is 1. The van der Waals surface area contributed by atoms with Crippen LogP contribution < -0.4 is 5.73 Å². The Balaban J connectivity index is 2.28. The van der Waals surface area contributed by atoms with Gasteiger partial charge in [-0.1, -0.05) is 19.3 Å². The summed E-state index contributed by atoms with van der Waals surface area (Å²) < 4.78 is 0. The Labute approximate surface area is 93.0 Å². The van der Waals surface area contributed by atoms with Crippen LogP contribution in [-0.2, 0) is 4.79 Å². The van der Waals surface area contributed by atoms with Gasteiger partial charge in [-0.15, -0.1) is 0 Å². The average Bonchev–Trinajstić information content (AvgIpc) is 2.13. The first-order chi connectivity index (χ1) is 7.20. The summed E-state index contributed by atoms with van der Waals surface area (Å²) in [6, 6.07) is 0.142. The Hall–Kier alpha value is -0.570. The van der Waals surface area contributed by atoms with Crippen molar-refractivity contribution in [3.05, 3.63) is 0 Å². The van der Waals surface area contributed by atoms with Crippen molar-refractivity contribution >= 4 is 5.91 Å². The van der Waals surface area contributed by atoms with Gasteiger partial charge in [-0.3, -0.25) is 4.79 Å². The second-order valence-electron chi connectivity index (χ2n) is 4.66. The molecule has 2 N–H and O–H groups in total. The van der Waals surface area contributed by atoms with Gasteiger partial charge < -0.3 is 10.6 Å². The van der Waals surface area contributed by atoms with Gasteiger partial charge in [0.1, 0.15) is 0 Å². The van der Waals surface area contributed by atoms with Crippen LogP contribution in [0.1, 0.15) is 51.9 Å². The lowest BCUT2D eigenvalue weighted by Gasteiger charge is -2.25. The number of rotatable bonds is 3. The zero-order chi connectivity index (χ0) is 11.1. The van der Waals surface area contributed by atoms with Gasteiger partial charge >= 0.3 is 0 Å². The minimum Gasteiger partial charge on any atom is -0.343 e. The standard InChI is InChI=1S/C12H24N2O/c1-11(13)7-8-12(15)14-9-5-3-2-4-6-10-14/h11H,2-10,13H2,1H3. The molecule has 1 heterocycles. The number of hydrogen-bond donors (Lipinski definition) is 1. The second-order valence-corrected chi connectivity index (χ2v) is 4.66. The molecule has 1 atom stereocenters. The van der Waals surface area contributed by atoms with Crippen molar-refractivity contribution < 1.29 is 4.79 Å². The lowest BCUT2D eigenvalue weighted by molar-refractivity contribution is -0.131. The van der Waals surface area contributed by atoms with Crippen LogP contribution in [0.25, 0.3) is 0 Å². The van der Waals surface area contributed by atoms with E-state index < -0.39 is 0 Å². The third-order valence-corrected chi connectivity index (χ3v) is 3.02. The van der Waals surface area contributed by atoms with Gasteiger partial charge in [0.25, 0.3) is 0 Å². The second kappa shape index (κ2) is 6.83. The minimum atomic E-state index is 0.142. The molecular formula is C12H24N2O. The molecule has 0 aliphatic carbocycles. The van der Waals surface area contributed by atoms with E-state index in [1.807, 2.05) is 11.8 Å². The molecule has 1 aliphatic heterocycles. The molecule has 1 fully saturated rings. The van der Waals surface area contributed by atoms with E-state index in [0.717, 1.165) is 19.5 Å².